The first-order chi connectivity index (χ1) is 14.0. The first-order valence-electron chi connectivity index (χ1n) is 9.59. The Balaban J connectivity index is 1.30. The Labute approximate surface area is 168 Å². The third kappa shape index (κ3) is 4.08. The SMILES string of the molecule is O=C(O)CC1(NC(=O)CNC(=O)OCC2c3ccccc3-c3ccccc32)CC1. The number of carboxylic acid groups (broad SMARTS) is 1. The topological polar surface area (TPSA) is 105 Å². The average Bonchev–Trinajstić information content (AvgIpc) is 3.36. The number of aliphatic carboxylic acids is 1. The van der Waals surface area contributed by atoms with Crippen molar-refractivity contribution in [1.29, 1.82) is 0 Å². The van der Waals surface area contributed by atoms with Crippen molar-refractivity contribution in [3.63, 3.8) is 0 Å². The summed E-state index contributed by atoms with van der Waals surface area (Å²) in [6, 6.07) is 16.1. The molecule has 29 heavy (non-hydrogen) atoms. The summed E-state index contributed by atoms with van der Waals surface area (Å²) in [5.41, 5.74) is 3.85. The van der Waals surface area contributed by atoms with Gasteiger partial charge in [0.15, 0.2) is 0 Å². The molecule has 1 saturated carbocycles. The number of hydrogen-bond acceptors (Lipinski definition) is 4. The van der Waals surface area contributed by atoms with E-state index in [9.17, 15) is 14.4 Å². The number of carbonyl (C=O) groups is 3. The van der Waals surface area contributed by atoms with Gasteiger partial charge < -0.3 is 20.5 Å². The average molecular weight is 394 g/mol. The molecule has 1 fully saturated rings. The van der Waals surface area contributed by atoms with E-state index in [0.29, 0.717) is 12.8 Å². The van der Waals surface area contributed by atoms with Gasteiger partial charge in [-0.15, -0.1) is 0 Å². The van der Waals surface area contributed by atoms with Crippen molar-refractivity contribution in [2.45, 2.75) is 30.7 Å². The quantitative estimate of drug-likeness (QED) is 0.670. The summed E-state index contributed by atoms with van der Waals surface area (Å²) in [5, 5.41) is 14.0. The number of rotatable bonds is 7. The summed E-state index contributed by atoms with van der Waals surface area (Å²) < 4.78 is 5.38. The van der Waals surface area contributed by atoms with Crippen LogP contribution in [0.1, 0.15) is 36.3 Å². The third-order valence-electron chi connectivity index (χ3n) is 5.48. The standard InChI is InChI=1S/C22H22N2O5/c25-19(24-22(9-10-22)11-20(26)27)12-23-21(28)29-13-18-16-7-3-1-5-14(16)15-6-2-4-8-17(15)18/h1-8,18H,9-13H2,(H,23,28)(H,24,25)(H,26,27). The highest BCUT2D eigenvalue weighted by molar-refractivity contribution is 5.84. The lowest BCUT2D eigenvalue weighted by Gasteiger charge is -2.16. The fourth-order valence-electron chi connectivity index (χ4n) is 3.93. The second-order valence-corrected chi connectivity index (χ2v) is 7.58. The van der Waals surface area contributed by atoms with Crippen LogP contribution in [0.4, 0.5) is 4.79 Å². The maximum atomic E-state index is 12.1. The zero-order chi connectivity index (χ0) is 20.4. The van der Waals surface area contributed by atoms with Gasteiger partial charge in [0.05, 0.1) is 12.0 Å². The van der Waals surface area contributed by atoms with Gasteiger partial charge in [0.25, 0.3) is 0 Å². The van der Waals surface area contributed by atoms with Crippen LogP contribution in [0.2, 0.25) is 0 Å². The molecule has 0 aliphatic heterocycles. The highest BCUT2D eigenvalue weighted by atomic mass is 16.5. The molecule has 2 aromatic carbocycles. The Morgan fingerprint density at radius 2 is 1.59 bits per heavy atom. The predicted octanol–water partition coefficient (Wildman–Crippen LogP) is 2.65. The number of benzene rings is 2. The van der Waals surface area contributed by atoms with E-state index in [1.165, 1.54) is 0 Å². The van der Waals surface area contributed by atoms with Crippen molar-refractivity contribution < 1.29 is 24.2 Å². The highest BCUT2D eigenvalue weighted by Crippen LogP contribution is 2.44. The van der Waals surface area contributed by atoms with Crippen LogP contribution in [-0.2, 0) is 14.3 Å². The molecule has 7 heteroatoms. The fourth-order valence-corrected chi connectivity index (χ4v) is 3.93. The van der Waals surface area contributed by atoms with Crippen LogP contribution in [0.5, 0.6) is 0 Å². The molecule has 0 atom stereocenters. The number of fused-ring (bicyclic) bond motifs is 3. The molecule has 0 spiro atoms. The summed E-state index contributed by atoms with van der Waals surface area (Å²) in [4.78, 5) is 34.9. The minimum atomic E-state index is -0.952. The Bertz CT molecular complexity index is 922. The number of alkyl carbamates (subject to hydrolysis) is 1. The van der Waals surface area contributed by atoms with Gasteiger partial charge in [-0.05, 0) is 35.1 Å². The molecule has 0 radical (unpaired) electrons. The van der Waals surface area contributed by atoms with E-state index in [0.717, 1.165) is 22.3 Å². The summed E-state index contributed by atoms with van der Waals surface area (Å²) >= 11 is 0. The lowest BCUT2D eigenvalue weighted by molar-refractivity contribution is -0.138. The Morgan fingerprint density at radius 3 is 2.14 bits per heavy atom. The van der Waals surface area contributed by atoms with Crippen LogP contribution >= 0.6 is 0 Å². The number of hydrogen-bond donors (Lipinski definition) is 3. The number of carbonyl (C=O) groups excluding carboxylic acids is 2. The molecule has 150 valence electrons. The summed E-state index contributed by atoms with van der Waals surface area (Å²) in [5.74, 6) is -1.42. The van der Waals surface area contributed by atoms with Gasteiger partial charge in [0, 0.05) is 5.92 Å². The molecule has 2 aliphatic carbocycles. The van der Waals surface area contributed by atoms with E-state index in [-0.39, 0.29) is 25.5 Å². The van der Waals surface area contributed by atoms with Gasteiger partial charge in [-0.2, -0.15) is 0 Å². The minimum Gasteiger partial charge on any atom is -0.481 e. The Hall–Kier alpha value is -3.35. The van der Waals surface area contributed by atoms with Gasteiger partial charge >= 0.3 is 12.1 Å². The molecule has 4 rings (SSSR count). The van der Waals surface area contributed by atoms with Crippen molar-refractivity contribution in [3.8, 4) is 11.1 Å². The summed E-state index contributed by atoms with van der Waals surface area (Å²) in [7, 11) is 0. The maximum absolute atomic E-state index is 12.1. The molecule has 2 amide bonds. The number of ether oxygens (including phenoxy) is 1. The van der Waals surface area contributed by atoms with Gasteiger partial charge in [0.2, 0.25) is 5.91 Å². The zero-order valence-electron chi connectivity index (χ0n) is 15.8. The highest BCUT2D eigenvalue weighted by Gasteiger charge is 2.45. The van der Waals surface area contributed by atoms with E-state index in [1.54, 1.807) is 0 Å². The lowest BCUT2D eigenvalue weighted by atomic mass is 9.98. The molecule has 0 bridgehead atoms. The van der Waals surface area contributed by atoms with Crippen molar-refractivity contribution in [2.24, 2.45) is 0 Å². The second-order valence-electron chi connectivity index (χ2n) is 7.58. The van der Waals surface area contributed by atoms with Crippen LogP contribution in [0, 0.1) is 0 Å². The molecular weight excluding hydrogens is 372 g/mol. The summed E-state index contributed by atoms with van der Waals surface area (Å²) in [6.07, 6.45) is 0.487. The fraction of sp³-hybridized carbons (Fsp3) is 0.318. The minimum absolute atomic E-state index is 0.0488. The molecule has 2 aliphatic rings. The van der Waals surface area contributed by atoms with Crippen molar-refractivity contribution in [3.05, 3.63) is 59.7 Å². The van der Waals surface area contributed by atoms with E-state index in [2.05, 4.69) is 22.8 Å². The molecule has 0 heterocycles. The van der Waals surface area contributed by atoms with Gasteiger partial charge in [-0.25, -0.2) is 4.79 Å². The Kier molecular flexibility index (Phi) is 4.96. The van der Waals surface area contributed by atoms with Gasteiger partial charge in [0.1, 0.15) is 13.2 Å². The van der Waals surface area contributed by atoms with Crippen LogP contribution < -0.4 is 10.6 Å². The van der Waals surface area contributed by atoms with Crippen LogP contribution in [0.15, 0.2) is 48.5 Å². The van der Waals surface area contributed by atoms with Crippen molar-refractivity contribution >= 4 is 18.0 Å². The number of carboxylic acids is 1. The molecule has 0 aromatic heterocycles. The largest absolute Gasteiger partial charge is 0.481 e. The predicted molar refractivity (Wildman–Crippen MR) is 105 cm³/mol. The molecule has 3 N–H and O–H groups in total. The molecular formula is C22H22N2O5. The van der Waals surface area contributed by atoms with Crippen molar-refractivity contribution in [2.75, 3.05) is 13.2 Å². The van der Waals surface area contributed by atoms with Crippen LogP contribution in [0.25, 0.3) is 11.1 Å². The first-order valence-corrected chi connectivity index (χ1v) is 9.59. The zero-order valence-corrected chi connectivity index (χ0v) is 15.8. The van der Waals surface area contributed by atoms with E-state index >= 15 is 0 Å². The first kappa shape index (κ1) is 19.0. The Morgan fingerprint density at radius 1 is 1.00 bits per heavy atom. The molecule has 2 aromatic rings. The van der Waals surface area contributed by atoms with Crippen molar-refractivity contribution in [1.82, 2.24) is 10.6 Å². The molecule has 0 saturated heterocycles. The molecule has 7 nitrogen and oxygen atoms in total. The van der Waals surface area contributed by atoms with E-state index < -0.39 is 23.5 Å². The number of nitrogens with one attached hydrogen (secondary N) is 2. The normalized spacial score (nSPS) is 15.7. The lowest BCUT2D eigenvalue weighted by Crippen LogP contribution is -2.44. The second kappa shape index (κ2) is 7.58. The monoisotopic (exact) mass is 394 g/mol. The van der Waals surface area contributed by atoms with Crippen LogP contribution in [-0.4, -0.2) is 41.8 Å². The van der Waals surface area contributed by atoms with E-state index in [1.807, 2.05) is 36.4 Å². The summed E-state index contributed by atoms with van der Waals surface area (Å²) in [6.45, 7) is -0.0809. The smallest absolute Gasteiger partial charge is 0.407 e. The maximum Gasteiger partial charge on any atom is 0.407 e. The molecule has 0 unspecified atom stereocenters. The van der Waals surface area contributed by atoms with Gasteiger partial charge in [-0.3, -0.25) is 9.59 Å². The van der Waals surface area contributed by atoms with Gasteiger partial charge in [-0.1, -0.05) is 48.5 Å². The third-order valence-corrected chi connectivity index (χ3v) is 5.48. The van der Waals surface area contributed by atoms with E-state index in [4.69, 9.17) is 9.84 Å². The number of amides is 2. The van der Waals surface area contributed by atoms with Crippen LogP contribution in [0.3, 0.4) is 0 Å².